The van der Waals surface area contributed by atoms with E-state index < -0.39 is 28.8 Å². The number of aromatic nitrogens is 2. The molecule has 6 aromatic rings. The molecule has 3 heterocycles. The normalized spacial score (nSPS) is 15.7. The fourth-order valence-corrected chi connectivity index (χ4v) is 6.74. The van der Waals surface area contributed by atoms with Crippen LogP contribution in [0.1, 0.15) is 51.1 Å². The summed E-state index contributed by atoms with van der Waals surface area (Å²) in [6.45, 7) is 0.407. The van der Waals surface area contributed by atoms with E-state index in [2.05, 4.69) is 9.97 Å². The second kappa shape index (κ2) is 13.0. The number of methoxy groups -OCH3 is 2. The topological polar surface area (TPSA) is 154 Å². The number of halogens is 2. The molecule has 2 aliphatic rings. The number of rotatable bonds is 8. The summed E-state index contributed by atoms with van der Waals surface area (Å²) in [7, 11) is 3.01. The summed E-state index contributed by atoms with van der Waals surface area (Å²) in [6, 6.07) is 16.1. The Morgan fingerprint density at radius 1 is 0.784 bits per heavy atom. The van der Waals surface area contributed by atoms with Crippen LogP contribution in [0.15, 0.2) is 73.1 Å². The molecule has 10 nitrogen and oxygen atoms in total. The predicted molar refractivity (Wildman–Crippen MR) is 185 cm³/mol. The van der Waals surface area contributed by atoms with E-state index in [9.17, 15) is 33.7 Å². The highest BCUT2D eigenvalue weighted by atomic mass is 19.1. The van der Waals surface area contributed by atoms with Crippen LogP contribution < -0.4 is 9.47 Å². The fourth-order valence-electron chi connectivity index (χ4n) is 6.74. The van der Waals surface area contributed by atoms with Gasteiger partial charge in [-0.05, 0) is 66.8 Å². The molecule has 0 radical (unpaired) electrons. The number of fused-ring (bicyclic) bond motifs is 2. The van der Waals surface area contributed by atoms with Crippen molar-refractivity contribution < 1.29 is 47.9 Å². The number of hydrogen-bond donors (Lipinski definition) is 5. The van der Waals surface area contributed by atoms with E-state index in [1.807, 2.05) is 0 Å². The molecular formula is C39H34F2N2O8. The number of carboxylic acids is 1. The Balaban J connectivity index is 0.000000159. The number of H-pyrrole nitrogens is 2. The minimum absolute atomic E-state index is 0.0913. The molecule has 1 saturated carbocycles. The Morgan fingerprint density at radius 3 is 1.78 bits per heavy atom. The smallest absolute Gasteiger partial charge is 0.337 e. The lowest BCUT2D eigenvalue weighted by Crippen LogP contribution is -2.46. The highest BCUT2D eigenvalue weighted by Crippen LogP contribution is 2.46. The van der Waals surface area contributed by atoms with Gasteiger partial charge in [0.2, 0.25) is 0 Å². The van der Waals surface area contributed by atoms with Crippen LogP contribution in [0, 0.1) is 11.6 Å². The molecule has 0 atom stereocenters. The molecule has 0 spiro atoms. The molecule has 51 heavy (non-hydrogen) atoms. The molecule has 262 valence electrons. The number of aliphatic hydroxyl groups is 2. The van der Waals surface area contributed by atoms with Crippen LogP contribution in [0.5, 0.6) is 11.5 Å². The maximum atomic E-state index is 14.6. The van der Waals surface area contributed by atoms with Crippen LogP contribution in [0.2, 0.25) is 0 Å². The highest BCUT2D eigenvalue weighted by molar-refractivity contribution is 6.04. The van der Waals surface area contributed by atoms with E-state index in [1.54, 1.807) is 48.7 Å². The monoisotopic (exact) mass is 696 g/mol. The van der Waals surface area contributed by atoms with Crippen molar-refractivity contribution in [2.24, 2.45) is 0 Å². The third-order valence-electron chi connectivity index (χ3n) is 9.82. The molecule has 1 aliphatic heterocycles. The molecule has 0 bridgehead atoms. The van der Waals surface area contributed by atoms with Gasteiger partial charge in [-0.15, -0.1) is 0 Å². The van der Waals surface area contributed by atoms with Crippen molar-refractivity contribution in [2.75, 3.05) is 27.4 Å². The first-order valence-electron chi connectivity index (χ1n) is 16.2. The molecule has 2 aromatic heterocycles. The van der Waals surface area contributed by atoms with Crippen LogP contribution >= 0.6 is 0 Å². The number of aldehydes is 1. The molecule has 2 fully saturated rings. The number of carboxylic acid groups (broad SMARTS) is 1. The summed E-state index contributed by atoms with van der Waals surface area (Å²) in [4.78, 5) is 28.1. The van der Waals surface area contributed by atoms with Crippen LogP contribution in [-0.4, -0.2) is 65.0 Å². The number of carbonyl (C=O) groups excluding carboxylic acids is 1. The number of carbonyl (C=O) groups is 2. The SMILES string of the molecule is COc1cc(-c2cc3c(C(=O)O)c[nH]c3cc2F)ccc1C1(O)CCC1.COc1cc(-c2cc3c(C=O)c[nH]c3cc2F)ccc1C1(O)COC1. The maximum absolute atomic E-state index is 14.6. The second-order valence-corrected chi connectivity index (χ2v) is 12.9. The summed E-state index contributed by atoms with van der Waals surface area (Å²) in [5.41, 5.74) is 2.71. The van der Waals surface area contributed by atoms with Crippen molar-refractivity contribution in [1.29, 1.82) is 0 Å². The lowest BCUT2D eigenvalue weighted by molar-refractivity contribution is -0.185. The van der Waals surface area contributed by atoms with Crippen molar-refractivity contribution in [3.05, 3.63) is 107 Å². The van der Waals surface area contributed by atoms with E-state index in [0.717, 1.165) is 12.7 Å². The van der Waals surface area contributed by atoms with Crippen LogP contribution in [0.3, 0.4) is 0 Å². The summed E-state index contributed by atoms with van der Waals surface area (Å²) >= 11 is 0. The van der Waals surface area contributed by atoms with E-state index >= 15 is 0 Å². The Kier molecular flexibility index (Phi) is 8.62. The highest BCUT2D eigenvalue weighted by Gasteiger charge is 2.40. The third kappa shape index (κ3) is 5.90. The van der Waals surface area contributed by atoms with E-state index in [0.29, 0.717) is 79.5 Å². The molecule has 1 saturated heterocycles. The van der Waals surface area contributed by atoms with Gasteiger partial charge in [0.05, 0.1) is 38.6 Å². The molecule has 12 heteroatoms. The number of hydrogen-bond acceptors (Lipinski definition) is 7. The van der Waals surface area contributed by atoms with Gasteiger partial charge in [-0.3, -0.25) is 4.79 Å². The minimum atomic E-state index is -1.08. The van der Waals surface area contributed by atoms with Gasteiger partial charge in [0, 0.05) is 62.0 Å². The third-order valence-corrected chi connectivity index (χ3v) is 9.82. The minimum Gasteiger partial charge on any atom is -0.496 e. The Hall–Kier alpha value is -5.56. The predicted octanol–water partition coefficient (Wildman–Crippen LogP) is 7.07. The zero-order valence-corrected chi connectivity index (χ0v) is 27.7. The molecule has 1 aliphatic carbocycles. The van der Waals surface area contributed by atoms with Crippen molar-refractivity contribution in [3.63, 3.8) is 0 Å². The van der Waals surface area contributed by atoms with Crippen LogP contribution in [0.4, 0.5) is 8.78 Å². The Bertz CT molecular complexity index is 2320. The largest absolute Gasteiger partial charge is 0.496 e. The molecule has 0 unspecified atom stereocenters. The van der Waals surface area contributed by atoms with Crippen LogP contribution in [0.25, 0.3) is 44.1 Å². The zero-order chi connectivity index (χ0) is 36.1. The molecule has 5 N–H and O–H groups in total. The van der Waals surface area contributed by atoms with Gasteiger partial charge >= 0.3 is 5.97 Å². The van der Waals surface area contributed by atoms with Crippen molar-refractivity contribution in [2.45, 2.75) is 30.5 Å². The number of benzene rings is 4. The molecular weight excluding hydrogens is 662 g/mol. The summed E-state index contributed by atoms with van der Waals surface area (Å²) in [6.07, 6.45) is 5.94. The van der Waals surface area contributed by atoms with Crippen LogP contribution in [-0.2, 0) is 15.9 Å². The fraction of sp³-hybridized carbons (Fsp3) is 0.231. The van der Waals surface area contributed by atoms with E-state index in [-0.39, 0.29) is 24.3 Å². The number of aromatic carboxylic acids is 1. The Labute approximate surface area is 290 Å². The van der Waals surface area contributed by atoms with Gasteiger partial charge in [-0.25, -0.2) is 13.6 Å². The van der Waals surface area contributed by atoms with Gasteiger partial charge in [-0.1, -0.05) is 24.3 Å². The number of nitrogens with one attached hydrogen (secondary N) is 2. The second-order valence-electron chi connectivity index (χ2n) is 12.9. The molecule has 0 amide bonds. The van der Waals surface area contributed by atoms with Crippen molar-refractivity contribution in [3.8, 4) is 33.8 Å². The average Bonchev–Trinajstić information content (AvgIpc) is 3.71. The first-order valence-corrected chi connectivity index (χ1v) is 16.2. The van der Waals surface area contributed by atoms with Gasteiger partial charge in [0.15, 0.2) is 6.29 Å². The van der Waals surface area contributed by atoms with Crippen molar-refractivity contribution in [1.82, 2.24) is 9.97 Å². The van der Waals surface area contributed by atoms with Gasteiger partial charge in [0.1, 0.15) is 28.7 Å². The van der Waals surface area contributed by atoms with E-state index in [1.165, 1.54) is 38.6 Å². The maximum Gasteiger partial charge on any atom is 0.337 e. The molecule has 8 rings (SSSR count). The van der Waals surface area contributed by atoms with E-state index in [4.69, 9.17) is 14.2 Å². The number of aromatic amines is 2. The van der Waals surface area contributed by atoms with Gasteiger partial charge < -0.3 is 39.5 Å². The lowest BCUT2D eigenvalue weighted by Gasteiger charge is -2.38. The summed E-state index contributed by atoms with van der Waals surface area (Å²) < 4.78 is 45.0. The van der Waals surface area contributed by atoms with Gasteiger partial charge in [0.25, 0.3) is 0 Å². The standard InChI is InChI=1S/C20H18FNO4.C19H16FNO4/c1-26-18-7-11(3-4-15(18)20(25)5-2-6-20)12-8-13-14(19(23)24)10-22-17(13)9-16(12)21;1-24-18-4-11(2-3-15(18)19(23)9-25-10-19)13-5-14-12(8-22)7-21-17(14)6-16(13)20/h3-4,7-10,22,25H,2,5-6H2,1H3,(H,23,24);2-8,21,23H,9-10H2,1H3. The van der Waals surface area contributed by atoms with Crippen molar-refractivity contribution >= 4 is 34.1 Å². The summed E-state index contributed by atoms with van der Waals surface area (Å²) in [5.74, 6) is -0.987. The lowest BCUT2D eigenvalue weighted by atomic mass is 9.74. The number of ether oxygens (including phenoxy) is 3. The Morgan fingerprint density at radius 2 is 1.31 bits per heavy atom. The average molecular weight is 697 g/mol. The zero-order valence-electron chi connectivity index (χ0n) is 27.7. The van der Waals surface area contributed by atoms with Gasteiger partial charge in [-0.2, -0.15) is 0 Å². The first kappa shape index (κ1) is 33.9. The quantitative estimate of drug-likeness (QED) is 0.106. The molecule has 4 aromatic carbocycles. The summed E-state index contributed by atoms with van der Waals surface area (Å²) in [5, 5.41) is 31.4. The first-order chi connectivity index (χ1) is 24.5.